The Hall–Kier alpha value is -1.02. The molecule has 0 saturated heterocycles. The molecule has 1 atom stereocenters. The highest BCUT2D eigenvalue weighted by Crippen LogP contribution is 2.44. The van der Waals surface area contributed by atoms with Gasteiger partial charge in [-0.3, -0.25) is 0 Å². The predicted octanol–water partition coefficient (Wildman–Crippen LogP) is 4.61. The number of aryl methyl sites for hydroxylation is 1. The van der Waals surface area contributed by atoms with E-state index in [4.69, 9.17) is 0 Å². The number of hydrogen-bond acceptors (Lipinski definition) is 2. The van der Waals surface area contributed by atoms with Crippen LogP contribution in [0.3, 0.4) is 0 Å². The summed E-state index contributed by atoms with van der Waals surface area (Å²) in [5.74, 6) is 0.643. The van der Waals surface area contributed by atoms with Gasteiger partial charge in [-0.1, -0.05) is 26.8 Å². The molecule has 0 fully saturated rings. The highest BCUT2D eigenvalue weighted by molar-refractivity contribution is 5.62. The number of hydrogen-bond donors (Lipinski definition) is 1. The second-order valence-electron chi connectivity index (χ2n) is 7.19. The molecule has 2 rings (SSSR count). The Labute approximate surface area is 130 Å². The Morgan fingerprint density at radius 2 is 2.00 bits per heavy atom. The normalized spacial score (nSPS) is 20.5. The second kappa shape index (κ2) is 6.39. The third-order valence-corrected chi connectivity index (χ3v) is 4.86. The van der Waals surface area contributed by atoms with E-state index in [2.05, 4.69) is 63.9 Å². The smallest absolute Gasteiger partial charge is 0.0408 e. The van der Waals surface area contributed by atoms with Gasteiger partial charge in [-0.15, -0.1) is 0 Å². The monoisotopic (exact) mass is 288 g/mol. The Morgan fingerprint density at radius 3 is 2.62 bits per heavy atom. The van der Waals surface area contributed by atoms with E-state index in [0.29, 0.717) is 5.92 Å². The van der Waals surface area contributed by atoms with E-state index < -0.39 is 0 Å². The first-order chi connectivity index (χ1) is 9.90. The number of fused-ring (bicyclic) bond motifs is 1. The minimum atomic E-state index is 0.262. The van der Waals surface area contributed by atoms with Gasteiger partial charge < -0.3 is 10.2 Å². The first-order valence-corrected chi connectivity index (χ1v) is 8.52. The molecule has 1 aromatic rings. The number of benzene rings is 1. The lowest BCUT2D eigenvalue weighted by Crippen LogP contribution is -2.48. The molecule has 0 bridgehead atoms. The molecule has 1 aliphatic heterocycles. The second-order valence-corrected chi connectivity index (χ2v) is 7.19. The Balaban J connectivity index is 2.45. The fraction of sp³-hybridized carbons (Fsp3) is 0.684. The molecule has 0 amide bonds. The van der Waals surface area contributed by atoms with E-state index in [1.54, 1.807) is 5.56 Å². The number of anilines is 1. The summed E-state index contributed by atoms with van der Waals surface area (Å²) in [7, 11) is 0. The molecule has 118 valence electrons. The maximum absolute atomic E-state index is 3.47. The molecule has 0 radical (unpaired) electrons. The highest BCUT2D eigenvalue weighted by atomic mass is 15.2. The summed E-state index contributed by atoms with van der Waals surface area (Å²) in [6.07, 6.45) is 2.44. The van der Waals surface area contributed by atoms with Gasteiger partial charge in [0.05, 0.1) is 0 Å². The first-order valence-electron chi connectivity index (χ1n) is 8.52. The van der Waals surface area contributed by atoms with Crippen LogP contribution in [0.25, 0.3) is 0 Å². The molecular formula is C19H32N2. The van der Waals surface area contributed by atoms with Gasteiger partial charge in [0.2, 0.25) is 0 Å². The summed E-state index contributed by atoms with van der Waals surface area (Å²) in [5, 5.41) is 3.47. The van der Waals surface area contributed by atoms with Crippen LogP contribution in [-0.2, 0) is 6.54 Å². The molecule has 1 aromatic carbocycles. The lowest BCUT2D eigenvalue weighted by Gasteiger charge is -2.48. The molecule has 0 spiro atoms. The summed E-state index contributed by atoms with van der Waals surface area (Å²) in [6.45, 7) is 17.0. The van der Waals surface area contributed by atoms with Crippen LogP contribution in [0, 0.1) is 6.92 Å². The fourth-order valence-corrected chi connectivity index (χ4v) is 3.78. The van der Waals surface area contributed by atoms with Crippen molar-refractivity contribution in [2.75, 3.05) is 18.0 Å². The average Bonchev–Trinajstić information content (AvgIpc) is 2.41. The van der Waals surface area contributed by atoms with Crippen molar-refractivity contribution in [3.8, 4) is 0 Å². The van der Waals surface area contributed by atoms with Crippen molar-refractivity contribution >= 4 is 5.69 Å². The van der Waals surface area contributed by atoms with Gasteiger partial charge in [0.15, 0.2) is 0 Å². The van der Waals surface area contributed by atoms with Gasteiger partial charge >= 0.3 is 0 Å². The average molecular weight is 288 g/mol. The zero-order valence-corrected chi connectivity index (χ0v) is 14.7. The largest absolute Gasteiger partial charge is 0.366 e. The summed E-state index contributed by atoms with van der Waals surface area (Å²) >= 11 is 0. The Morgan fingerprint density at radius 1 is 1.29 bits per heavy atom. The van der Waals surface area contributed by atoms with Gasteiger partial charge in [-0.25, -0.2) is 0 Å². The van der Waals surface area contributed by atoms with Crippen LogP contribution < -0.4 is 10.2 Å². The van der Waals surface area contributed by atoms with Gasteiger partial charge in [-0.2, -0.15) is 0 Å². The molecule has 2 heteroatoms. The standard InChI is InChI=1S/C19H32N2/c1-7-9-21-18-10-14(3)16(13-20-8-2)11-17(18)15(4)12-19(21,5)6/h10-11,15,20H,7-9,12-13H2,1-6H3/t15-/m1/s1. The van der Waals surface area contributed by atoms with Crippen molar-refractivity contribution in [3.05, 3.63) is 28.8 Å². The zero-order chi connectivity index (χ0) is 15.6. The lowest BCUT2D eigenvalue weighted by molar-refractivity contribution is 0.376. The van der Waals surface area contributed by atoms with Gasteiger partial charge in [0.1, 0.15) is 0 Å². The summed E-state index contributed by atoms with van der Waals surface area (Å²) in [4.78, 5) is 2.63. The number of nitrogens with zero attached hydrogens (tertiary/aromatic N) is 1. The van der Waals surface area contributed by atoms with E-state index >= 15 is 0 Å². The van der Waals surface area contributed by atoms with Crippen molar-refractivity contribution in [3.63, 3.8) is 0 Å². The Bertz CT molecular complexity index is 491. The molecular weight excluding hydrogens is 256 g/mol. The maximum atomic E-state index is 3.47. The van der Waals surface area contributed by atoms with E-state index in [9.17, 15) is 0 Å². The fourth-order valence-electron chi connectivity index (χ4n) is 3.78. The molecule has 0 aromatic heterocycles. The molecule has 21 heavy (non-hydrogen) atoms. The van der Waals surface area contributed by atoms with Crippen molar-refractivity contribution in [2.45, 2.75) is 72.4 Å². The van der Waals surface area contributed by atoms with Crippen LogP contribution in [-0.4, -0.2) is 18.6 Å². The lowest BCUT2D eigenvalue weighted by atomic mass is 9.79. The highest BCUT2D eigenvalue weighted by Gasteiger charge is 2.36. The zero-order valence-electron chi connectivity index (χ0n) is 14.7. The van der Waals surface area contributed by atoms with Gasteiger partial charge in [0, 0.05) is 24.3 Å². The third kappa shape index (κ3) is 3.26. The van der Waals surface area contributed by atoms with E-state index in [1.165, 1.54) is 29.7 Å². The summed E-state index contributed by atoms with van der Waals surface area (Å²) < 4.78 is 0. The van der Waals surface area contributed by atoms with E-state index in [-0.39, 0.29) is 5.54 Å². The van der Waals surface area contributed by atoms with Crippen LogP contribution in [0.5, 0.6) is 0 Å². The van der Waals surface area contributed by atoms with Crippen molar-refractivity contribution in [2.24, 2.45) is 0 Å². The van der Waals surface area contributed by atoms with Crippen molar-refractivity contribution < 1.29 is 0 Å². The van der Waals surface area contributed by atoms with Gasteiger partial charge in [-0.05, 0) is 68.8 Å². The van der Waals surface area contributed by atoms with Gasteiger partial charge in [0.25, 0.3) is 0 Å². The summed E-state index contributed by atoms with van der Waals surface area (Å²) in [5.41, 5.74) is 6.15. The molecule has 1 heterocycles. The molecule has 0 saturated carbocycles. The topological polar surface area (TPSA) is 15.3 Å². The molecule has 0 aliphatic carbocycles. The minimum absolute atomic E-state index is 0.262. The van der Waals surface area contributed by atoms with Crippen LogP contribution in [0.4, 0.5) is 5.69 Å². The van der Waals surface area contributed by atoms with Crippen molar-refractivity contribution in [1.82, 2.24) is 5.32 Å². The molecule has 2 nitrogen and oxygen atoms in total. The van der Waals surface area contributed by atoms with Crippen LogP contribution in [0.1, 0.15) is 70.1 Å². The number of rotatable bonds is 5. The number of nitrogens with one attached hydrogen (secondary N) is 1. The molecule has 0 unspecified atom stereocenters. The van der Waals surface area contributed by atoms with Crippen LogP contribution in [0.2, 0.25) is 0 Å². The quantitative estimate of drug-likeness (QED) is 0.851. The summed E-state index contributed by atoms with van der Waals surface area (Å²) in [6, 6.07) is 4.88. The third-order valence-electron chi connectivity index (χ3n) is 4.86. The van der Waals surface area contributed by atoms with E-state index in [1.807, 2.05) is 0 Å². The van der Waals surface area contributed by atoms with Crippen LogP contribution >= 0.6 is 0 Å². The van der Waals surface area contributed by atoms with E-state index in [0.717, 1.165) is 19.6 Å². The van der Waals surface area contributed by atoms with Crippen LogP contribution in [0.15, 0.2) is 12.1 Å². The Kier molecular flexibility index (Phi) is 4.98. The predicted molar refractivity (Wildman–Crippen MR) is 93.3 cm³/mol. The van der Waals surface area contributed by atoms with Crippen molar-refractivity contribution in [1.29, 1.82) is 0 Å². The molecule has 1 N–H and O–H groups in total. The first kappa shape index (κ1) is 16.4. The minimum Gasteiger partial charge on any atom is -0.366 e. The maximum Gasteiger partial charge on any atom is 0.0408 e. The molecule has 1 aliphatic rings. The SMILES string of the molecule is CCCN1c2cc(C)c(CNCC)cc2[C@H](C)CC1(C)C.